The third-order valence-corrected chi connectivity index (χ3v) is 3.50. The molecule has 0 spiro atoms. The number of ether oxygens (including phenoxy) is 1. The van der Waals surface area contributed by atoms with E-state index < -0.39 is 4.92 Å². The second-order valence-corrected chi connectivity index (χ2v) is 4.84. The Bertz CT molecular complexity index is 693. The molecule has 1 fully saturated rings. The molecule has 1 aliphatic heterocycles. The van der Waals surface area contributed by atoms with E-state index in [1.54, 1.807) is 27.8 Å². The van der Waals surface area contributed by atoms with E-state index in [1.165, 1.54) is 18.6 Å². The molecule has 3 rings (SSSR count). The van der Waals surface area contributed by atoms with Crippen LogP contribution in [0.5, 0.6) is 0 Å². The molecule has 2 aromatic rings. The molecule has 2 heterocycles. The van der Waals surface area contributed by atoms with E-state index in [9.17, 15) is 14.9 Å². The predicted molar refractivity (Wildman–Crippen MR) is 76.9 cm³/mol. The summed E-state index contributed by atoms with van der Waals surface area (Å²) in [5.41, 5.74) is 0.551. The minimum Gasteiger partial charge on any atom is -0.378 e. The lowest BCUT2D eigenvalue weighted by atomic mass is 10.1. The first-order valence-corrected chi connectivity index (χ1v) is 6.80. The van der Waals surface area contributed by atoms with Gasteiger partial charge in [0.2, 0.25) is 0 Å². The molecule has 0 bridgehead atoms. The molecule has 1 saturated heterocycles. The van der Waals surface area contributed by atoms with Gasteiger partial charge in [0.25, 0.3) is 11.6 Å². The molecule has 1 amide bonds. The Balaban J connectivity index is 1.95. The van der Waals surface area contributed by atoms with Gasteiger partial charge in [-0.1, -0.05) is 0 Å². The van der Waals surface area contributed by atoms with Crippen molar-refractivity contribution in [3.05, 3.63) is 52.6 Å². The van der Waals surface area contributed by atoms with Gasteiger partial charge in [-0.25, -0.2) is 4.98 Å². The molecule has 22 heavy (non-hydrogen) atoms. The van der Waals surface area contributed by atoms with Crippen LogP contribution in [0.1, 0.15) is 10.4 Å². The average molecular weight is 302 g/mol. The molecule has 0 unspecified atom stereocenters. The topological polar surface area (TPSA) is 90.5 Å². The van der Waals surface area contributed by atoms with E-state index in [2.05, 4.69) is 4.98 Å². The van der Waals surface area contributed by atoms with Gasteiger partial charge in [-0.05, 0) is 12.1 Å². The highest BCUT2D eigenvalue weighted by molar-refractivity contribution is 5.95. The second kappa shape index (κ2) is 5.94. The summed E-state index contributed by atoms with van der Waals surface area (Å²) in [4.78, 5) is 28.7. The standard InChI is InChI=1S/C14H14N4O4/c19-14(16-5-7-22-8-6-16)11-1-2-12(13(9-11)18(20)21)17-4-3-15-10-17/h1-4,9-10H,5-8H2. The van der Waals surface area contributed by atoms with Crippen LogP contribution in [0.3, 0.4) is 0 Å². The minimum absolute atomic E-state index is 0.128. The largest absolute Gasteiger partial charge is 0.378 e. The Kier molecular flexibility index (Phi) is 3.84. The normalized spacial score (nSPS) is 14.8. The highest BCUT2D eigenvalue weighted by atomic mass is 16.6. The van der Waals surface area contributed by atoms with Crippen LogP contribution >= 0.6 is 0 Å². The van der Waals surface area contributed by atoms with Gasteiger partial charge in [0.05, 0.1) is 24.5 Å². The zero-order valence-corrected chi connectivity index (χ0v) is 11.7. The van der Waals surface area contributed by atoms with Gasteiger partial charge < -0.3 is 14.2 Å². The SMILES string of the molecule is O=C(c1ccc(-n2ccnc2)c([N+](=O)[O-])c1)N1CCOCC1. The number of amides is 1. The first-order chi connectivity index (χ1) is 10.7. The molecule has 8 heteroatoms. The van der Waals surface area contributed by atoms with Crippen LogP contribution in [-0.4, -0.2) is 51.6 Å². The van der Waals surface area contributed by atoms with E-state index >= 15 is 0 Å². The van der Waals surface area contributed by atoms with Crippen molar-refractivity contribution in [2.24, 2.45) is 0 Å². The molecule has 1 aromatic carbocycles. The maximum Gasteiger partial charge on any atom is 0.294 e. The van der Waals surface area contributed by atoms with E-state index in [1.807, 2.05) is 0 Å². The van der Waals surface area contributed by atoms with Crippen LogP contribution in [0, 0.1) is 10.1 Å². The number of hydrogen-bond donors (Lipinski definition) is 0. The van der Waals surface area contributed by atoms with Crippen LogP contribution in [0.4, 0.5) is 5.69 Å². The zero-order valence-electron chi connectivity index (χ0n) is 11.7. The maximum atomic E-state index is 12.4. The van der Waals surface area contributed by atoms with Gasteiger partial charge in [0.1, 0.15) is 5.69 Å². The van der Waals surface area contributed by atoms with Crippen molar-refractivity contribution in [1.82, 2.24) is 14.5 Å². The van der Waals surface area contributed by atoms with Crippen LogP contribution in [0.2, 0.25) is 0 Å². The number of morpholine rings is 1. The molecular weight excluding hydrogens is 288 g/mol. The number of hydrogen-bond acceptors (Lipinski definition) is 5. The van der Waals surface area contributed by atoms with Crippen molar-refractivity contribution in [3.8, 4) is 5.69 Å². The van der Waals surface area contributed by atoms with E-state index in [4.69, 9.17) is 4.74 Å². The van der Waals surface area contributed by atoms with Gasteiger partial charge in [-0.3, -0.25) is 14.9 Å². The summed E-state index contributed by atoms with van der Waals surface area (Å²) in [6, 6.07) is 4.47. The predicted octanol–water partition coefficient (Wildman–Crippen LogP) is 1.25. The lowest BCUT2D eigenvalue weighted by Crippen LogP contribution is -2.40. The molecule has 1 aliphatic rings. The highest BCUT2D eigenvalue weighted by Crippen LogP contribution is 2.25. The van der Waals surface area contributed by atoms with Crippen LogP contribution in [0.15, 0.2) is 36.9 Å². The smallest absolute Gasteiger partial charge is 0.294 e. The molecule has 114 valence electrons. The zero-order chi connectivity index (χ0) is 15.5. The summed E-state index contributed by atoms with van der Waals surface area (Å²) in [7, 11) is 0. The number of rotatable bonds is 3. The maximum absolute atomic E-state index is 12.4. The Morgan fingerprint density at radius 3 is 2.73 bits per heavy atom. The van der Waals surface area contributed by atoms with Crippen molar-refractivity contribution in [2.45, 2.75) is 0 Å². The van der Waals surface area contributed by atoms with Gasteiger partial charge in [-0.2, -0.15) is 0 Å². The van der Waals surface area contributed by atoms with Crippen LogP contribution in [-0.2, 0) is 4.74 Å². The fraction of sp³-hybridized carbons (Fsp3) is 0.286. The number of nitro benzene ring substituents is 1. The molecule has 0 radical (unpaired) electrons. The summed E-state index contributed by atoms with van der Waals surface area (Å²) < 4.78 is 6.75. The monoisotopic (exact) mass is 302 g/mol. The number of benzene rings is 1. The fourth-order valence-electron chi connectivity index (χ4n) is 2.37. The summed E-state index contributed by atoms with van der Waals surface area (Å²) in [6.45, 7) is 1.97. The quantitative estimate of drug-likeness (QED) is 0.628. The first kappa shape index (κ1) is 14.2. The van der Waals surface area contributed by atoms with E-state index in [-0.39, 0.29) is 11.6 Å². The lowest BCUT2D eigenvalue weighted by Gasteiger charge is -2.26. The van der Waals surface area contributed by atoms with Crippen molar-refractivity contribution in [1.29, 1.82) is 0 Å². The van der Waals surface area contributed by atoms with Gasteiger partial charge in [0, 0.05) is 37.1 Å². The minimum atomic E-state index is -0.495. The summed E-state index contributed by atoms with van der Waals surface area (Å²) in [5, 5.41) is 11.3. The molecule has 0 aliphatic carbocycles. The van der Waals surface area contributed by atoms with Crippen molar-refractivity contribution < 1.29 is 14.5 Å². The lowest BCUT2D eigenvalue weighted by molar-refractivity contribution is -0.384. The summed E-state index contributed by atoms with van der Waals surface area (Å²) >= 11 is 0. The fourth-order valence-corrected chi connectivity index (χ4v) is 2.37. The average Bonchev–Trinajstić information content (AvgIpc) is 3.08. The Morgan fingerprint density at radius 1 is 1.32 bits per heavy atom. The number of carbonyl (C=O) groups excluding carboxylic acids is 1. The molecule has 0 N–H and O–H groups in total. The third-order valence-electron chi connectivity index (χ3n) is 3.50. The van der Waals surface area contributed by atoms with E-state index in [0.29, 0.717) is 37.6 Å². The second-order valence-electron chi connectivity index (χ2n) is 4.84. The molecule has 8 nitrogen and oxygen atoms in total. The van der Waals surface area contributed by atoms with Gasteiger partial charge in [-0.15, -0.1) is 0 Å². The van der Waals surface area contributed by atoms with Crippen molar-refractivity contribution in [2.75, 3.05) is 26.3 Å². The highest BCUT2D eigenvalue weighted by Gasteiger charge is 2.23. The van der Waals surface area contributed by atoms with Crippen LogP contribution < -0.4 is 0 Å². The first-order valence-electron chi connectivity index (χ1n) is 6.80. The number of aromatic nitrogens is 2. The molecule has 1 aromatic heterocycles. The number of carbonyl (C=O) groups is 1. The third kappa shape index (κ3) is 2.68. The Labute approximate surface area is 126 Å². The number of nitrogens with zero attached hydrogens (tertiary/aromatic N) is 4. The Hall–Kier alpha value is -2.74. The molecule has 0 atom stereocenters. The van der Waals surface area contributed by atoms with Gasteiger partial charge >= 0.3 is 0 Å². The number of imidazole rings is 1. The number of nitro groups is 1. The van der Waals surface area contributed by atoms with Crippen molar-refractivity contribution >= 4 is 11.6 Å². The van der Waals surface area contributed by atoms with E-state index in [0.717, 1.165) is 0 Å². The summed E-state index contributed by atoms with van der Waals surface area (Å²) in [6.07, 6.45) is 4.63. The Morgan fingerprint density at radius 2 is 2.09 bits per heavy atom. The van der Waals surface area contributed by atoms with Crippen LogP contribution in [0.25, 0.3) is 5.69 Å². The molecular formula is C14H14N4O4. The molecule has 0 saturated carbocycles. The summed E-state index contributed by atoms with van der Waals surface area (Å²) in [5.74, 6) is -0.219. The van der Waals surface area contributed by atoms with Gasteiger partial charge in [0.15, 0.2) is 0 Å². The van der Waals surface area contributed by atoms with Crippen molar-refractivity contribution in [3.63, 3.8) is 0 Å².